The predicted molar refractivity (Wildman–Crippen MR) is 185 cm³/mol. The van der Waals surface area contributed by atoms with Gasteiger partial charge in [-0.1, -0.05) is 36.4 Å². The second-order valence-corrected chi connectivity index (χ2v) is 11.5. The number of aliphatic hydroxyl groups excluding tert-OH is 1. The minimum absolute atomic E-state index is 0.0728. The first kappa shape index (κ1) is 39.3. The van der Waals surface area contributed by atoms with Gasteiger partial charge in [0.2, 0.25) is 23.6 Å². The maximum atomic E-state index is 14.1. The van der Waals surface area contributed by atoms with Crippen molar-refractivity contribution in [3.8, 4) is 11.5 Å². The smallest absolute Gasteiger partial charge is 0.242 e. The Bertz CT molecular complexity index is 1510. The van der Waals surface area contributed by atoms with Crippen molar-refractivity contribution in [1.82, 2.24) is 30.0 Å². The number of rotatable bonds is 22. The molecule has 0 bridgehead atoms. The van der Waals surface area contributed by atoms with Crippen LogP contribution in [0.4, 0.5) is 0 Å². The highest BCUT2D eigenvalue weighted by atomic mass is 16.5. The zero-order valence-electron chi connectivity index (χ0n) is 28.7. The number of hydrogen-bond donors (Lipinski definition) is 4. The normalized spacial score (nSPS) is 11.4. The Labute approximate surface area is 292 Å². The maximum absolute atomic E-state index is 14.1. The van der Waals surface area contributed by atoms with Gasteiger partial charge in [-0.2, -0.15) is 0 Å². The summed E-state index contributed by atoms with van der Waals surface area (Å²) < 4.78 is 10.8. The van der Waals surface area contributed by atoms with E-state index < -0.39 is 42.8 Å². The van der Waals surface area contributed by atoms with Crippen LogP contribution in [0.3, 0.4) is 0 Å². The van der Waals surface area contributed by atoms with Gasteiger partial charge in [0.25, 0.3) is 0 Å². The molecule has 2 aromatic carbocycles. The lowest BCUT2D eigenvalue weighted by molar-refractivity contribution is -0.146. The van der Waals surface area contributed by atoms with Crippen molar-refractivity contribution >= 4 is 23.6 Å². The Morgan fingerprint density at radius 1 is 0.820 bits per heavy atom. The van der Waals surface area contributed by atoms with E-state index in [1.54, 1.807) is 30.6 Å². The highest BCUT2D eigenvalue weighted by Crippen LogP contribution is 2.27. The molecule has 0 spiro atoms. The molecule has 3 rings (SSSR count). The number of aromatic nitrogens is 2. The topological polar surface area (TPSA) is 207 Å². The molecule has 0 unspecified atom stereocenters. The number of carbonyl (C=O) groups excluding carboxylic acids is 4. The molecule has 270 valence electrons. The monoisotopic (exact) mass is 692 g/mol. The van der Waals surface area contributed by atoms with Crippen LogP contribution in [0.2, 0.25) is 0 Å². The summed E-state index contributed by atoms with van der Waals surface area (Å²) in [6.07, 6.45) is 4.68. The van der Waals surface area contributed by atoms with Gasteiger partial charge in [-0.25, -0.2) is 9.97 Å². The van der Waals surface area contributed by atoms with Crippen molar-refractivity contribution in [3.05, 3.63) is 83.9 Å². The number of nitrogens with zero attached hydrogens (tertiary/aromatic N) is 5. The SMILES string of the molecule is COc1ccc(CCN(CC(=O)N(CC(=O)N(CCCCN)CC(N)=O)Cc2ccccc2)C(=O)[C@H](CO)NCc2ncccn2)cc1OC. The summed E-state index contributed by atoms with van der Waals surface area (Å²) in [6.45, 7) is -0.661. The van der Waals surface area contributed by atoms with E-state index in [2.05, 4.69) is 15.3 Å². The van der Waals surface area contributed by atoms with Crippen LogP contribution >= 0.6 is 0 Å². The largest absolute Gasteiger partial charge is 0.493 e. The van der Waals surface area contributed by atoms with Crippen LogP contribution in [0.25, 0.3) is 0 Å². The summed E-state index contributed by atoms with van der Waals surface area (Å²) in [5.41, 5.74) is 12.6. The molecule has 0 radical (unpaired) electrons. The van der Waals surface area contributed by atoms with E-state index in [0.717, 1.165) is 11.1 Å². The molecule has 0 aliphatic heterocycles. The molecule has 50 heavy (non-hydrogen) atoms. The van der Waals surface area contributed by atoms with Gasteiger partial charge < -0.3 is 40.7 Å². The molecule has 0 aliphatic rings. The molecular formula is C35H48N8O7. The minimum Gasteiger partial charge on any atom is -0.493 e. The Morgan fingerprint density at radius 2 is 1.50 bits per heavy atom. The van der Waals surface area contributed by atoms with Crippen LogP contribution < -0.4 is 26.3 Å². The number of aliphatic hydroxyl groups is 1. The van der Waals surface area contributed by atoms with Gasteiger partial charge in [0, 0.05) is 32.0 Å². The number of unbranched alkanes of at least 4 members (excludes halogenated alkanes) is 1. The molecule has 6 N–H and O–H groups in total. The van der Waals surface area contributed by atoms with Gasteiger partial charge in [0.1, 0.15) is 18.4 Å². The third kappa shape index (κ3) is 12.7. The van der Waals surface area contributed by atoms with Crippen LogP contribution in [0, 0.1) is 0 Å². The summed E-state index contributed by atoms with van der Waals surface area (Å²) in [6, 6.07) is 15.1. The van der Waals surface area contributed by atoms with E-state index >= 15 is 0 Å². The Hall–Kier alpha value is -5.12. The lowest BCUT2D eigenvalue weighted by Crippen LogP contribution is -2.53. The van der Waals surface area contributed by atoms with Gasteiger partial charge >= 0.3 is 0 Å². The lowest BCUT2D eigenvalue weighted by atomic mass is 10.1. The van der Waals surface area contributed by atoms with Gasteiger partial charge in [-0.05, 0) is 55.1 Å². The lowest BCUT2D eigenvalue weighted by Gasteiger charge is -2.31. The van der Waals surface area contributed by atoms with Crippen LogP contribution in [0.1, 0.15) is 29.8 Å². The molecule has 1 heterocycles. The highest BCUT2D eigenvalue weighted by Gasteiger charge is 2.29. The third-order valence-electron chi connectivity index (χ3n) is 7.84. The van der Waals surface area contributed by atoms with E-state index in [0.29, 0.717) is 43.1 Å². The molecule has 15 nitrogen and oxygen atoms in total. The number of hydrogen-bond acceptors (Lipinski definition) is 11. The molecule has 0 aliphatic carbocycles. The summed E-state index contributed by atoms with van der Waals surface area (Å²) in [5.74, 6) is -0.704. The molecule has 15 heteroatoms. The summed E-state index contributed by atoms with van der Waals surface area (Å²) >= 11 is 0. The fourth-order valence-corrected chi connectivity index (χ4v) is 5.14. The number of primary amides is 1. The Kier molecular flexibility index (Phi) is 16.6. The molecule has 1 aromatic heterocycles. The van der Waals surface area contributed by atoms with Crippen molar-refractivity contribution in [2.45, 2.75) is 38.4 Å². The van der Waals surface area contributed by atoms with E-state index in [1.165, 1.54) is 28.9 Å². The first-order chi connectivity index (χ1) is 24.2. The molecule has 0 saturated heterocycles. The molecule has 0 saturated carbocycles. The third-order valence-corrected chi connectivity index (χ3v) is 7.84. The van der Waals surface area contributed by atoms with Crippen molar-refractivity contribution < 1.29 is 33.8 Å². The Morgan fingerprint density at radius 3 is 2.14 bits per heavy atom. The van der Waals surface area contributed by atoms with Crippen LogP contribution in [0.5, 0.6) is 11.5 Å². The van der Waals surface area contributed by atoms with Gasteiger partial charge in [-0.3, -0.25) is 24.5 Å². The quantitative estimate of drug-likeness (QED) is 0.104. The second kappa shape index (κ2) is 21.1. The number of methoxy groups -OCH3 is 2. The predicted octanol–water partition coefficient (Wildman–Crippen LogP) is 0.0972. The summed E-state index contributed by atoms with van der Waals surface area (Å²) in [5, 5.41) is 13.2. The van der Waals surface area contributed by atoms with Crippen LogP contribution in [-0.4, -0.2) is 120 Å². The average molecular weight is 693 g/mol. The van der Waals surface area contributed by atoms with E-state index in [1.807, 2.05) is 36.4 Å². The zero-order chi connectivity index (χ0) is 36.3. The van der Waals surface area contributed by atoms with Crippen molar-refractivity contribution in [3.63, 3.8) is 0 Å². The zero-order valence-corrected chi connectivity index (χ0v) is 28.7. The van der Waals surface area contributed by atoms with Crippen molar-refractivity contribution in [1.29, 1.82) is 0 Å². The fourth-order valence-electron chi connectivity index (χ4n) is 5.14. The molecule has 4 amide bonds. The van der Waals surface area contributed by atoms with E-state index in [-0.39, 0.29) is 39.3 Å². The van der Waals surface area contributed by atoms with Gasteiger partial charge in [-0.15, -0.1) is 0 Å². The molecular weight excluding hydrogens is 644 g/mol. The molecule has 0 fully saturated rings. The number of nitrogens with one attached hydrogen (secondary N) is 1. The van der Waals surface area contributed by atoms with Crippen molar-refractivity contribution in [2.75, 3.05) is 60.1 Å². The maximum Gasteiger partial charge on any atom is 0.242 e. The second-order valence-electron chi connectivity index (χ2n) is 11.5. The fraction of sp³-hybridized carbons (Fsp3) is 0.429. The van der Waals surface area contributed by atoms with Gasteiger partial charge in [0.15, 0.2) is 11.5 Å². The van der Waals surface area contributed by atoms with Crippen LogP contribution in [0.15, 0.2) is 67.0 Å². The standard InChI is InChI=1S/C35H48N8O7/c1-49-29-12-11-26(19-30(29)50-2)13-18-42(35(48)28(25-44)40-20-32-38-15-8-16-39-32)23-34(47)43(21-27-9-4-3-5-10-27)24-33(46)41(22-31(37)45)17-7-6-14-36/h3-5,8-12,15-16,19,28,40,44H,6-7,13-14,17-18,20-25,36H2,1-2H3,(H2,37,45)/t28-/m0/s1. The Balaban J connectivity index is 1.88. The number of benzene rings is 2. The number of ether oxygens (including phenoxy) is 2. The first-order valence-corrected chi connectivity index (χ1v) is 16.4. The minimum atomic E-state index is -1.07. The van der Waals surface area contributed by atoms with Crippen LogP contribution in [-0.2, 0) is 38.7 Å². The molecule has 3 aromatic rings. The van der Waals surface area contributed by atoms with E-state index in [4.69, 9.17) is 20.9 Å². The average Bonchev–Trinajstić information content (AvgIpc) is 3.13. The summed E-state index contributed by atoms with van der Waals surface area (Å²) in [7, 11) is 3.06. The number of amides is 4. The molecule has 1 atom stereocenters. The number of carbonyl (C=O) groups is 4. The van der Waals surface area contributed by atoms with Crippen molar-refractivity contribution in [2.24, 2.45) is 11.5 Å². The first-order valence-electron chi connectivity index (χ1n) is 16.4. The highest BCUT2D eigenvalue weighted by molar-refractivity contribution is 5.91. The van der Waals surface area contributed by atoms with E-state index in [9.17, 15) is 24.3 Å². The summed E-state index contributed by atoms with van der Waals surface area (Å²) in [4.78, 5) is 65.7. The number of nitrogens with two attached hydrogens (primary N) is 2. The van der Waals surface area contributed by atoms with Gasteiger partial charge in [0.05, 0.1) is 40.5 Å².